The van der Waals surface area contributed by atoms with Crippen LogP contribution in [0.15, 0.2) is 41.9 Å². The van der Waals surface area contributed by atoms with E-state index in [0.717, 1.165) is 6.08 Å². The van der Waals surface area contributed by atoms with E-state index in [1.807, 2.05) is 0 Å². The fourth-order valence-electron chi connectivity index (χ4n) is 1.20. The molecule has 1 atom stereocenters. The van der Waals surface area contributed by atoms with Crippen LogP contribution >= 0.6 is 0 Å². The summed E-state index contributed by atoms with van der Waals surface area (Å²) in [6, 6.07) is 6.00. The molecule has 0 heterocycles. The van der Waals surface area contributed by atoms with Gasteiger partial charge >= 0.3 is 6.09 Å². The maximum Gasteiger partial charge on any atom is 0.411 e. The first-order valence-corrected chi connectivity index (χ1v) is 5.53. The van der Waals surface area contributed by atoms with Gasteiger partial charge in [0.25, 0.3) is 0 Å². The Kier molecular flexibility index (Phi) is 5.83. The Hall–Kier alpha value is -2.76. The molecule has 0 saturated heterocycles. The van der Waals surface area contributed by atoms with Gasteiger partial charge in [0.15, 0.2) is 11.9 Å². The van der Waals surface area contributed by atoms with Gasteiger partial charge in [-0.15, -0.1) is 0 Å². The van der Waals surface area contributed by atoms with Gasteiger partial charge in [0.1, 0.15) is 6.61 Å². The third-order valence-corrected chi connectivity index (χ3v) is 2.19. The number of amides is 1. The highest BCUT2D eigenvalue weighted by Gasteiger charge is 2.14. The number of aliphatic hydroxyl groups is 1. The van der Waals surface area contributed by atoms with Gasteiger partial charge in [0.2, 0.25) is 6.08 Å². The minimum absolute atomic E-state index is 0.394. The summed E-state index contributed by atoms with van der Waals surface area (Å²) in [5.41, 5.74) is 0.801. The van der Waals surface area contributed by atoms with Crippen molar-refractivity contribution < 1.29 is 24.2 Å². The number of rotatable bonds is 6. The van der Waals surface area contributed by atoms with E-state index in [0.29, 0.717) is 11.4 Å². The van der Waals surface area contributed by atoms with Crippen molar-refractivity contribution in [3.05, 3.63) is 36.9 Å². The summed E-state index contributed by atoms with van der Waals surface area (Å²) in [6.45, 7) is 2.73. The summed E-state index contributed by atoms with van der Waals surface area (Å²) in [7, 11) is 0. The first-order chi connectivity index (χ1) is 9.56. The number of hydrogen-bond acceptors (Lipinski definition) is 6. The van der Waals surface area contributed by atoms with Gasteiger partial charge < -0.3 is 9.84 Å². The van der Waals surface area contributed by atoms with Gasteiger partial charge in [-0.05, 0) is 30.3 Å². The molecule has 7 nitrogen and oxygen atoms in total. The van der Waals surface area contributed by atoms with Gasteiger partial charge in [0.05, 0.1) is 5.69 Å². The summed E-state index contributed by atoms with van der Waals surface area (Å²) in [5, 5.41) is 11.6. The van der Waals surface area contributed by atoms with Crippen molar-refractivity contribution in [3.63, 3.8) is 0 Å². The molecule has 7 heteroatoms. The minimum atomic E-state index is -1.43. The maximum absolute atomic E-state index is 11.4. The lowest BCUT2D eigenvalue weighted by molar-refractivity contribution is -0.123. The number of carbonyl (C=O) groups is 2. The lowest BCUT2D eigenvalue weighted by Crippen LogP contribution is -2.27. The van der Waals surface area contributed by atoms with E-state index in [1.54, 1.807) is 0 Å². The van der Waals surface area contributed by atoms with Crippen LogP contribution in [0, 0.1) is 0 Å². The van der Waals surface area contributed by atoms with E-state index in [9.17, 15) is 19.5 Å². The van der Waals surface area contributed by atoms with Gasteiger partial charge in [-0.2, -0.15) is 4.99 Å². The third kappa shape index (κ3) is 4.85. The normalized spacial score (nSPS) is 10.8. The number of ketones is 1. The Bertz CT molecular complexity index is 546. The van der Waals surface area contributed by atoms with Gasteiger partial charge in [-0.3, -0.25) is 10.1 Å². The van der Waals surface area contributed by atoms with Crippen molar-refractivity contribution in [1.29, 1.82) is 0 Å². The molecule has 1 amide bonds. The van der Waals surface area contributed by atoms with E-state index in [-0.39, 0.29) is 0 Å². The molecule has 0 aliphatic rings. The Labute approximate surface area is 114 Å². The second-order valence-corrected chi connectivity index (χ2v) is 3.60. The number of isocyanates is 1. The van der Waals surface area contributed by atoms with Crippen LogP contribution in [-0.4, -0.2) is 35.8 Å². The summed E-state index contributed by atoms with van der Waals surface area (Å²) < 4.78 is 4.65. The van der Waals surface area contributed by atoms with Crippen LogP contribution in [0.1, 0.15) is 0 Å². The van der Waals surface area contributed by atoms with Gasteiger partial charge in [-0.25, -0.2) is 9.59 Å². The zero-order valence-corrected chi connectivity index (χ0v) is 10.4. The van der Waals surface area contributed by atoms with Crippen molar-refractivity contribution in [2.75, 3.05) is 11.9 Å². The van der Waals surface area contributed by atoms with Crippen LogP contribution in [0.2, 0.25) is 0 Å². The van der Waals surface area contributed by atoms with Crippen LogP contribution in [-0.2, 0) is 14.3 Å². The molecule has 0 saturated carbocycles. The molecule has 0 aliphatic carbocycles. The van der Waals surface area contributed by atoms with E-state index >= 15 is 0 Å². The number of aliphatic imine (C=N–C) groups is 1. The molecule has 20 heavy (non-hydrogen) atoms. The van der Waals surface area contributed by atoms with E-state index in [2.05, 4.69) is 21.6 Å². The second kappa shape index (κ2) is 7.63. The fraction of sp³-hybridized carbons (Fsp3) is 0.154. The zero-order valence-electron chi connectivity index (χ0n) is 10.4. The summed E-state index contributed by atoms with van der Waals surface area (Å²) in [6.07, 6.45) is 0.0764. The maximum atomic E-state index is 11.4. The topological polar surface area (TPSA) is 105 Å². The molecule has 0 fully saturated rings. The highest BCUT2D eigenvalue weighted by Crippen LogP contribution is 2.15. The average Bonchev–Trinajstić information content (AvgIpc) is 2.46. The molecule has 0 aromatic heterocycles. The quantitative estimate of drug-likeness (QED) is 0.463. The fourth-order valence-corrected chi connectivity index (χ4v) is 1.20. The molecule has 1 aromatic carbocycles. The number of hydrogen-bond donors (Lipinski definition) is 2. The number of carbonyl (C=O) groups excluding carboxylic acids is 3. The molecular formula is C13H12N2O5. The monoisotopic (exact) mass is 276 g/mol. The molecule has 1 rings (SSSR count). The van der Waals surface area contributed by atoms with Crippen molar-refractivity contribution in [3.8, 4) is 0 Å². The molecule has 0 aliphatic heterocycles. The zero-order chi connectivity index (χ0) is 15.0. The molecule has 0 radical (unpaired) electrons. The molecule has 1 unspecified atom stereocenters. The van der Waals surface area contributed by atoms with Crippen LogP contribution in [0.3, 0.4) is 0 Å². The number of nitrogens with one attached hydrogen (secondary N) is 1. The minimum Gasteiger partial charge on any atom is -0.446 e. The smallest absolute Gasteiger partial charge is 0.411 e. The Balaban J connectivity index is 2.48. The Morgan fingerprint density at radius 1 is 1.45 bits per heavy atom. The predicted molar refractivity (Wildman–Crippen MR) is 70.4 cm³/mol. The van der Waals surface area contributed by atoms with Crippen molar-refractivity contribution in [2.24, 2.45) is 4.99 Å². The first kappa shape index (κ1) is 15.3. The number of benzene rings is 1. The average molecular weight is 276 g/mol. The van der Waals surface area contributed by atoms with Crippen LogP contribution in [0.5, 0.6) is 0 Å². The lowest BCUT2D eigenvalue weighted by atomic mass is 10.2. The summed E-state index contributed by atoms with van der Waals surface area (Å²) in [4.78, 5) is 35.7. The van der Waals surface area contributed by atoms with Gasteiger partial charge in [0, 0.05) is 5.69 Å². The standard InChI is InChI=1S/C13H12N2O5/c1-2-11(17)12(18)7-20-13(19)15-10-5-3-9(4-6-10)14-8-16/h2-6,12,18H,1,7H2,(H,15,19). The number of anilines is 1. The highest BCUT2D eigenvalue weighted by molar-refractivity contribution is 5.93. The number of aliphatic hydroxyl groups excluding tert-OH is 1. The van der Waals surface area contributed by atoms with E-state index in [1.165, 1.54) is 30.3 Å². The van der Waals surface area contributed by atoms with Crippen molar-refractivity contribution in [1.82, 2.24) is 0 Å². The molecule has 104 valence electrons. The Morgan fingerprint density at radius 2 is 2.10 bits per heavy atom. The predicted octanol–water partition coefficient (Wildman–Crippen LogP) is 1.32. The highest BCUT2D eigenvalue weighted by atomic mass is 16.6. The lowest BCUT2D eigenvalue weighted by Gasteiger charge is -2.09. The van der Waals surface area contributed by atoms with Crippen LogP contribution in [0.4, 0.5) is 16.2 Å². The molecule has 2 N–H and O–H groups in total. The SMILES string of the molecule is C=CC(=O)C(O)COC(=O)Nc1ccc(N=C=O)cc1. The van der Waals surface area contributed by atoms with Crippen molar-refractivity contribution >= 4 is 29.3 Å². The summed E-state index contributed by atoms with van der Waals surface area (Å²) >= 11 is 0. The molecular weight excluding hydrogens is 264 g/mol. The van der Waals surface area contributed by atoms with Crippen molar-refractivity contribution in [2.45, 2.75) is 6.10 Å². The first-order valence-electron chi connectivity index (χ1n) is 5.53. The molecule has 0 spiro atoms. The number of nitrogens with zero attached hydrogens (tertiary/aromatic N) is 1. The Morgan fingerprint density at radius 3 is 2.65 bits per heavy atom. The molecule has 0 bridgehead atoms. The second-order valence-electron chi connectivity index (χ2n) is 3.60. The van der Waals surface area contributed by atoms with Gasteiger partial charge in [-0.1, -0.05) is 6.58 Å². The number of ether oxygens (including phenoxy) is 1. The van der Waals surface area contributed by atoms with E-state index < -0.39 is 24.6 Å². The largest absolute Gasteiger partial charge is 0.446 e. The molecule has 1 aromatic rings. The summed E-state index contributed by atoms with van der Waals surface area (Å²) in [5.74, 6) is -0.631. The van der Waals surface area contributed by atoms with E-state index in [4.69, 9.17) is 0 Å². The third-order valence-electron chi connectivity index (χ3n) is 2.19. The van der Waals surface area contributed by atoms with Crippen LogP contribution < -0.4 is 5.32 Å². The van der Waals surface area contributed by atoms with Crippen LogP contribution in [0.25, 0.3) is 0 Å².